The van der Waals surface area contributed by atoms with Crippen molar-refractivity contribution in [3.8, 4) is 0 Å². The highest BCUT2D eigenvalue weighted by Crippen LogP contribution is 2.20. The van der Waals surface area contributed by atoms with E-state index in [4.69, 9.17) is 4.74 Å². The SMILES string of the molecule is CC(C)CCC(=O)N[C@@H](Cc1cccc2ccccc12)C(=O)OCC(C)C. The summed E-state index contributed by atoms with van der Waals surface area (Å²) >= 11 is 0. The molecule has 0 aliphatic carbocycles. The van der Waals surface area contributed by atoms with Crippen molar-refractivity contribution in [1.82, 2.24) is 5.32 Å². The van der Waals surface area contributed by atoms with Gasteiger partial charge < -0.3 is 10.1 Å². The second-order valence-electron chi connectivity index (χ2n) is 7.92. The van der Waals surface area contributed by atoms with Crippen LogP contribution in [0, 0.1) is 11.8 Å². The molecule has 2 aromatic carbocycles. The van der Waals surface area contributed by atoms with E-state index in [-0.39, 0.29) is 17.8 Å². The second kappa shape index (κ2) is 10.1. The van der Waals surface area contributed by atoms with Crippen molar-refractivity contribution in [2.45, 2.75) is 53.0 Å². The number of carbonyl (C=O) groups excluding carboxylic acids is 2. The van der Waals surface area contributed by atoms with Crippen molar-refractivity contribution in [3.05, 3.63) is 48.0 Å². The third-order valence-electron chi connectivity index (χ3n) is 4.43. The fraction of sp³-hybridized carbons (Fsp3) is 0.478. The van der Waals surface area contributed by atoms with Crippen LogP contribution in [-0.2, 0) is 20.7 Å². The van der Waals surface area contributed by atoms with Crippen LogP contribution >= 0.6 is 0 Å². The lowest BCUT2D eigenvalue weighted by molar-refractivity contribution is -0.148. The number of carbonyl (C=O) groups is 2. The van der Waals surface area contributed by atoms with Crippen LogP contribution in [0.5, 0.6) is 0 Å². The first-order valence-electron chi connectivity index (χ1n) is 9.79. The molecule has 2 rings (SSSR count). The Balaban J connectivity index is 2.17. The molecule has 0 aliphatic rings. The summed E-state index contributed by atoms with van der Waals surface area (Å²) in [5.74, 6) is 0.230. The van der Waals surface area contributed by atoms with Crippen LogP contribution in [0.3, 0.4) is 0 Å². The average Bonchev–Trinajstić information content (AvgIpc) is 2.64. The van der Waals surface area contributed by atoms with Crippen LogP contribution < -0.4 is 5.32 Å². The number of ether oxygens (including phenoxy) is 1. The molecule has 146 valence electrons. The Morgan fingerprint density at radius 2 is 1.67 bits per heavy atom. The number of nitrogens with one attached hydrogen (secondary N) is 1. The molecule has 2 aromatic rings. The fourth-order valence-corrected chi connectivity index (χ4v) is 2.92. The molecule has 1 N–H and O–H groups in total. The lowest BCUT2D eigenvalue weighted by atomic mass is 9.98. The molecule has 0 radical (unpaired) electrons. The van der Waals surface area contributed by atoms with Crippen LogP contribution in [-0.4, -0.2) is 24.5 Å². The van der Waals surface area contributed by atoms with Crippen molar-refractivity contribution in [1.29, 1.82) is 0 Å². The standard InChI is InChI=1S/C23H31NO3/c1-16(2)12-13-22(25)24-21(23(26)27-15-17(3)4)14-19-10-7-9-18-8-5-6-11-20(18)19/h5-11,16-17,21H,12-15H2,1-4H3,(H,24,25)/t21-/m0/s1. The minimum absolute atomic E-state index is 0.101. The van der Waals surface area contributed by atoms with Gasteiger partial charge in [0, 0.05) is 12.8 Å². The van der Waals surface area contributed by atoms with Crippen LogP contribution in [0.4, 0.5) is 0 Å². The molecule has 27 heavy (non-hydrogen) atoms. The van der Waals surface area contributed by atoms with E-state index in [9.17, 15) is 9.59 Å². The van der Waals surface area contributed by atoms with E-state index < -0.39 is 6.04 Å². The minimum Gasteiger partial charge on any atom is -0.464 e. The summed E-state index contributed by atoms with van der Waals surface area (Å²) in [5.41, 5.74) is 1.03. The number of amides is 1. The molecule has 1 atom stereocenters. The summed E-state index contributed by atoms with van der Waals surface area (Å²) in [6.07, 6.45) is 1.64. The van der Waals surface area contributed by atoms with Gasteiger partial charge in [-0.25, -0.2) is 4.79 Å². The Kier molecular flexibility index (Phi) is 7.83. The topological polar surface area (TPSA) is 55.4 Å². The van der Waals surface area contributed by atoms with E-state index in [2.05, 4.69) is 19.2 Å². The van der Waals surface area contributed by atoms with Crippen molar-refractivity contribution in [2.75, 3.05) is 6.61 Å². The lowest BCUT2D eigenvalue weighted by Crippen LogP contribution is -2.43. The average molecular weight is 370 g/mol. The van der Waals surface area contributed by atoms with E-state index in [1.165, 1.54) is 0 Å². The van der Waals surface area contributed by atoms with Gasteiger partial charge in [0.25, 0.3) is 0 Å². The molecule has 0 aliphatic heterocycles. The second-order valence-corrected chi connectivity index (χ2v) is 7.92. The molecular formula is C23H31NO3. The molecule has 0 bridgehead atoms. The fourth-order valence-electron chi connectivity index (χ4n) is 2.92. The molecule has 0 aromatic heterocycles. The molecule has 1 amide bonds. The molecule has 0 unspecified atom stereocenters. The van der Waals surface area contributed by atoms with Crippen LogP contribution in [0.1, 0.15) is 46.1 Å². The van der Waals surface area contributed by atoms with Gasteiger partial charge in [-0.3, -0.25) is 4.79 Å². The van der Waals surface area contributed by atoms with Gasteiger partial charge in [0.05, 0.1) is 6.61 Å². The van der Waals surface area contributed by atoms with Gasteiger partial charge in [-0.1, -0.05) is 70.2 Å². The highest BCUT2D eigenvalue weighted by atomic mass is 16.5. The van der Waals surface area contributed by atoms with Crippen LogP contribution in [0.2, 0.25) is 0 Å². The Morgan fingerprint density at radius 1 is 0.963 bits per heavy atom. The molecule has 0 saturated heterocycles. The van der Waals surface area contributed by atoms with E-state index in [1.54, 1.807) is 0 Å². The summed E-state index contributed by atoms with van der Waals surface area (Å²) in [7, 11) is 0. The van der Waals surface area contributed by atoms with Crippen molar-refractivity contribution in [3.63, 3.8) is 0 Å². The maximum absolute atomic E-state index is 12.6. The number of benzene rings is 2. The third-order valence-corrected chi connectivity index (χ3v) is 4.43. The number of hydrogen-bond acceptors (Lipinski definition) is 3. The summed E-state index contributed by atoms with van der Waals surface area (Å²) in [6.45, 7) is 8.50. The predicted molar refractivity (Wildman–Crippen MR) is 109 cm³/mol. The predicted octanol–water partition coefficient (Wildman–Crippen LogP) is 4.50. The number of rotatable bonds is 9. The van der Waals surface area contributed by atoms with E-state index >= 15 is 0 Å². The van der Waals surface area contributed by atoms with Gasteiger partial charge in [-0.15, -0.1) is 0 Å². The molecule has 0 spiro atoms. The van der Waals surface area contributed by atoms with Gasteiger partial charge in [0.2, 0.25) is 5.91 Å². The van der Waals surface area contributed by atoms with Crippen LogP contribution in [0.25, 0.3) is 10.8 Å². The van der Waals surface area contributed by atoms with E-state index in [1.807, 2.05) is 56.3 Å². The number of fused-ring (bicyclic) bond motifs is 1. The lowest BCUT2D eigenvalue weighted by Gasteiger charge is -2.20. The third kappa shape index (κ3) is 6.70. The van der Waals surface area contributed by atoms with Gasteiger partial charge >= 0.3 is 5.97 Å². The van der Waals surface area contributed by atoms with Crippen molar-refractivity contribution < 1.29 is 14.3 Å². The summed E-state index contributed by atoms with van der Waals surface area (Å²) in [4.78, 5) is 25.0. The smallest absolute Gasteiger partial charge is 0.328 e. The van der Waals surface area contributed by atoms with Crippen molar-refractivity contribution >= 4 is 22.6 Å². The summed E-state index contributed by atoms with van der Waals surface area (Å²) in [6, 6.07) is 13.4. The highest BCUT2D eigenvalue weighted by Gasteiger charge is 2.24. The quantitative estimate of drug-likeness (QED) is 0.662. The first kappa shape index (κ1) is 20.9. The van der Waals surface area contributed by atoms with E-state index in [0.29, 0.717) is 25.4 Å². The maximum Gasteiger partial charge on any atom is 0.328 e. The Hall–Kier alpha value is -2.36. The van der Waals surface area contributed by atoms with Gasteiger partial charge in [-0.05, 0) is 34.6 Å². The summed E-state index contributed by atoms with van der Waals surface area (Å²) < 4.78 is 5.42. The van der Waals surface area contributed by atoms with Gasteiger partial charge in [-0.2, -0.15) is 0 Å². The molecule has 4 heteroatoms. The summed E-state index contributed by atoms with van der Waals surface area (Å²) in [5, 5.41) is 5.11. The van der Waals surface area contributed by atoms with Gasteiger partial charge in [0.15, 0.2) is 0 Å². The number of esters is 1. The molecule has 0 fully saturated rings. The maximum atomic E-state index is 12.6. The molecular weight excluding hydrogens is 338 g/mol. The van der Waals surface area contributed by atoms with Gasteiger partial charge in [0.1, 0.15) is 6.04 Å². The van der Waals surface area contributed by atoms with Crippen molar-refractivity contribution in [2.24, 2.45) is 11.8 Å². The minimum atomic E-state index is -0.672. The first-order chi connectivity index (χ1) is 12.9. The zero-order valence-corrected chi connectivity index (χ0v) is 16.8. The Labute approximate surface area is 162 Å². The first-order valence-corrected chi connectivity index (χ1v) is 9.79. The highest BCUT2D eigenvalue weighted by molar-refractivity contribution is 5.88. The molecule has 0 saturated carbocycles. The zero-order valence-electron chi connectivity index (χ0n) is 16.8. The number of hydrogen-bond donors (Lipinski definition) is 1. The van der Waals surface area contributed by atoms with Crippen LogP contribution in [0.15, 0.2) is 42.5 Å². The Morgan fingerprint density at radius 3 is 2.37 bits per heavy atom. The monoisotopic (exact) mass is 369 g/mol. The normalized spacial score (nSPS) is 12.4. The Bertz CT molecular complexity index is 762. The largest absolute Gasteiger partial charge is 0.464 e. The van der Waals surface area contributed by atoms with E-state index in [0.717, 1.165) is 22.8 Å². The zero-order chi connectivity index (χ0) is 19.8. The molecule has 0 heterocycles. The molecule has 4 nitrogen and oxygen atoms in total.